The van der Waals surface area contributed by atoms with E-state index in [1.54, 1.807) is 43.5 Å². The van der Waals surface area contributed by atoms with Crippen LogP contribution >= 0.6 is 0 Å². The lowest BCUT2D eigenvalue weighted by Gasteiger charge is -2.11. The third kappa shape index (κ3) is 7.35. The third-order valence-electron chi connectivity index (χ3n) is 5.68. The molecule has 0 fully saturated rings. The Labute approximate surface area is 225 Å². The fraction of sp³-hybridized carbons (Fsp3) is 0.194. The first-order valence-electron chi connectivity index (χ1n) is 12.4. The zero-order valence-electron chi connectivity index (χ0n) is 21.9. The van der Waals surface area contributed by atoms with Crippen molar-refractivity contribution in [2.24, 2.45) is 5.92 Å². The molecule has 1 amide bonds. The van der Waals surface area contributed by atoms with Gasteiger partial charge >= 0.3 is 11.6 Å². The Bertz CT molecular complexity index is 1550. The van der Waals surface area contributed by atoms with Crippen LogP contribution in [0.3, 0.4) is 0 Å². The molecule has 0 spiro atoms. The molecule has 1 aromatic heterocycles. The van der Waals surface area contributed by atoms with Gasteiger partial charge in [-0.15, -0.1) is 0 Å². The van der Waals surface area contributed by atoms with Gasteiger partial charge in [-0.25, -0.2) is 9.59 Å². The highest BCUT2D eigenvalue weighted by Crippen LogP contribution is 2.29. The molecule has 0 unspecified atom stereocenters. The summed E-state index contributed by atoms with van der Waals surface area (Å²) in [6.45, 7) is 4.75. The van der Waals surface area contributed by atoms with Crippen LogP contribution in [0.2, 0.25) is 0 Å². The van der Waals surface area contributed by atoms with Gasteiger partial charge in [-0.3, -0.25) is 4.79 Å². The third-order valence-corrected chi connectivity index (χ3v) is 5.68. The summed E-state index contributed by atoms with van der Waals surface area (Å²) in [5.74, 6) is 0.437. The molecule has 8 nitrogen and oxygen atoms in total. The zero-order chi connectivity index (χ0) is 27.8. The molecule has 3 aromatic carbocycles. The van der Waals surface area contributed by atoms with Crippen LogP contribution < -0.4 is 25.2 Å². The van der Waals surface area contributed by atoms with E-state index in [1.807, 2.05) is 44.2 Å². The summed E-state index contributed by atoms with van der Waals surface area (Å²) in [7, 11) is 1.55. The standard InChI is InChI=1S/C31H29NO7/c1-20(2)18-32-30(34)25-16-23-11-12-24(17-27(23)39-31(25)35)38-29(33)14-10-21-9-13-26(28(15-21)36-3)37-19-22-7-5-4-6-8-22/h4-17,20H,18-19H2,1-3H3,(H,32,34)/b14-10+. The minimum absolute atomic E-state index is 0.0808. The normalized spacial score (nSPS) is 11.1. The van der Waals surface area contributed by atoms with Gasteiger partial charge < -0.3 is 23.9 Å². The van der Waals surface area contributed by atoms with Crippen LogP contribution in [0.1, 0.15) is 35.3 Å². The molecular weight excluding hydrogens is 498 g/mol. The molecular formula is C31H29NO7. The highest BCUT2D eigenvalue weighted by atomic mass is 16.5. The molecule has 0 saturated carbocycles. The number of carbonyl (C=O) groups excluding carboxylic acids is 2. The lowest BCUT2D eigenvalue weighted by Crippen LogP contribution is -2.31. The SMILES string of the molecule is COc1cc(/C=C/C(=O)Oc2ccc3cc(C(=O)NCC(C)C)c(=O)oc3c2)ccc1OCc1ccccc1. The summed E-state index contributed by atoms with van der Waals surface area (Å²) in [6.07, 6.45) is 2.87. The first-order valence-corrected chi connectivity index (χ1v) is 12.4. The van der Waals surface area contributed by atoms with E-state index in [4.69, 9.17) is 18.6 Å². The Morgan fingerprint density at radius 1 is 0.974 bits per heavy atom. The van der Waals surface area contributed by atoms with Crippen molar-refractivity contribution in [3.8, 4) is 17.2 Å². The lowest BCUT2D eigenvalue weighted by molar-refractivity contribution is -0.128. The van der Waals surface area contributed by atoms with Crippen molar-refractivity contribution in [1.29, 1.82) is 0 Å². The Morgan fingerprint density at radius 3 is 2.51 bits per heavy atom. The topological polar surface area (TPSA) is 104 Å². The first-order chi connectivity index (χ1) is 18.8. The molecule has 0 atom stereocenters. The predicted octanol–water partition coefficient (Wildman–Crippen LogP) is 5.39. The minimum Gasteiger partial charge on any atom is -0.493 e. The highest BCUT2D eigenvalue weighted by Gasteiger charge is 2.15. The molecule has 0 aliphatic heterocycles. The predicted molar refractivity (Wildman–Crippen MR) is 148 cm³/mol. The van der Waals surface area contributed by atoms with Crippen LogP contribution in [0, 0.1) is 5.92 Å². The first kappa shape index (κ1) is 27.2. The second-order valence-corrected chi connectivity index (χ2v) is 9.19. The summed E-state index contributed by atoms with van der Waals surface area (Å²) < 4.78 is 22.0. The quantitative estimate of drug-likeness (QED) is 0.128. The summed E-state index contributed by atoms with van der Waals surface area (Å²) in [5, 5.41) is 3.23. The number of carbonyl (C=O) groups is 2. The molecule has 1 N–H and O–H groups in total. The van der Waals surface area contributed by atoms with E-state index in [2.05, 4.69) is 5.32 Å². The van der Waals surface area contributed by atoms with Crippen LogP contribution in [0.5, 0.6) is 17.2 Å². The molecule has 0 aliphatic carbocycles. The Balaban J connectivity index is 1.41. The number of hydrogen-bond donors (Lipinski definition) is 1. The maximum atomic E-state index is 12.4. The van der Waals surface area contributed by atoms with Crippen molar-refractivity contribution >= 4 is 28.9 Å². The van der Waals surface area contributed by atoms with Crippen molar-refractivity contribution in [1.82, 2.24) is 5.32 Å². The number of rotatable bonds is 10. The largest absolute Gasteiger partial charge is 0.493 e. The maximum Gasteiger partial charge on any atom is 0.349 e. The van der Waals surface area contributed by atoms with Gasteiger partial charge in [0.1, 0.15) is 23.5 Å². The van der Waals surface area contributed by atoms with Gasteiger partial charge in [0.05, 0.1) is 7.11 Å². The van der Waals surface area contributed by atoms with E-state index in [0.29, 0.717) is 35.6 Å². The fourth-order valence-electron chi connectivity index (χ4n) is 3.66. The van der Waals surface area contributed by atoms with Crippen LogP contribution in [-0.4, -0.2) is 25.5 Å². The monoisotopic (exact) mass is 527 g/mol. The Kier molecular flexibility index (Phi) is 8.78. The van der Waals surface area contributed by atoms with Gasteiger partial charge in [-0.2, -0.15) is 0 Å². The molecule has 4 aromatic rings. The van der Waals surface area contributed by atoms with E-state index >= 15 is 0 Å². The number of ether oxygens (including phenoxy) is 3. The number of fused-ring (bicyclic) bond motifs is 1. The second kappa shape index (κ2) is 12.6. The van der Waals surface area contributed by atoms with Gasteiger partial charge in [0.15, 0.2) is 11.5 Å². The number of esters is 1. The van der Waals surface area contributed by atoms with Crippen LogP contribution in [0.4, 0.5) is 0 Å². The number of benzene rings is 3. The molecule has 200 valence electrons. The van der Waals surface area contributed by atoms with Crippen molar-refractivity contribution in [3.63, 3.8) is 0 Å². The van der Waals surface area contributed by atoms with E-state index in [-0.39, 0.29) is 22.8 Å². The average Bonchev–Trinajstić information content (AvgIpc) is 2.94. The average molecular weight is 528 g/mol. The van der Waals surface area contributed by atoms with E-state index in [0.717, 1.165) is 5.56 Å². The van der Waals surface area contributed by atoms with E-state index in [1.165, 1.54) is 18.2 Å². The smallest absolute Gasteiger partial charge is 0.349 e. The highest BCUT2D eigenvalue weighted by molar-refractivity contribution is 5.97. The summed E-state index contributed by atoms with van der Waals surface area (Å²) in [5.41, 5.74) is 1.10. The van der Waals surface area contributed by atoms with Crippen molar-refractivity contribution in [3.05, 3.63) is 106 Å². The van der Waals surface area contributed by atoms with Crippen LogP contribution in [0.15, 0.2) is 88.1 Å². The summed E-state index contributed by atoms with van der Waals surface area (Å²) in [4.78, 5) is 37.1. The van der Waals surface area contributed by atoms with Crippen LogP contribution in [0.25, 0.3) is 17.0 Å². The van der Waals surface area contributed by atoms with Gasteiger partial charge in [-0.05, 0) is 53.5 Å². The second-order valence-electron chi connectivity index (χ2n) is 9.19. The molecule has 0 radical (unpaired) electrons. The number of hydrogen-bond acceptors (Lipinski definition) is 7. The van der Waals surface area contributed by atoms with Crippen LogP contribution in [-0.2, 0) is 11.4 Å². The number of methoxy groups -OCH3 is 1. The lowest BCUT2D eigenvalue weighted by atomic mass is 10.1. The summed E-state index contributed by atoms with van der Waals surface area (Å²) in [6, 6.07) is 21.2. The Morgan fingerprint density at radius 2 is 1.77 bits per heavy atom. The molecule has 1 heterocycles. The van der Waals surface area contributed by atoms with Gasteiger partial charge in [-0.1, -0.05) is 50.2 Å². The number of amides is 1. The van der Waals surface area contributed by atoms with Gasteiger partial charge in [0.2, 0.25) is 0 Å². The van der Waals surface area contributed by atoms with E-state index in [9.17, 15) is 14.4 Å². The van der Waals surface area contributed by atoms with Gasteiger partial charge in [0.25, 0.3) is 5.91 Å². The molecule has 8 heteroatoms. The van der Waals surface area contributed by atoms with Crippen molar-refractivity contribution in [2.75, 3.05) is 13.7 Å². The van der Waals surface area contributed by atoms with Crippen molar-refractivity contribution < 1.29 is 28.2 Å². The maximum absolute atomic E-state index is 12.4. The summed E-state index contributed by atoms with van der Waals surface area (Å²) >= 11 is 0. The molecule has 0 saturated heterocycles. The molecule has 0 bridgehead atoms. The fourth-order valence-corrected chi connectivity index (χ4v) is 3.66. The number of nitrogens with one attached hydrogen (secondary N) is 1. The zero-order valence-corrected chi connectivity index (χ0v) is 21.9. The minimum atomic E-state index is -0.766. The Hall–Kier alpha value is -4.85. The molecule has 0 aliphatic rings. The van der Waals surface area contributed by atoms with E-state index < -0.39 is 17.5 Å². The molecule has 4 rings (SSSR count). The molecule has 39 heavy (non-hydrogen) atoms. The van der Waals surface area contributed by atoms with Crippen molar-refractivity contribution in [2.45, 2.75) is 20.5 Å². The van der Waals surface area contributed by atoms with Gasteiger partial charge in [0, 0.05) is 24.1 Å².